The lowest BCUT2D eigenvalue weighted by molar-refractivity contribution is -0.176. The Balaban J connectivity index is 2.55. The van der Waals surface area contributed by atoms with Gasteiger partial charge in [0.2, 0.25) is 0 Å². The highest BCUT2D eigenvalue weighted by molar-refractivity contribution is 5.92. The van der Waals surface area contributed by atoms with Gasteiger partial charge in [0.1, 0.15) is 5.54 Å². The van der Waals surface area contributed by atoms with Gasteiger partial charge >= 0.3 is 12.1 Å². The van der Waals surface area contributed by atoms with E-state index in [-0.39, 0.29) is 0 Å². The first-order valence-electron chi connectivity index (χ1n) is 6.08. The Morgan fingerprint density at radius 1 is 1.00 bits per heavy atom. The van der Waals surface area contributed by atoms with E-state index in [0.29, 0.717) is 13.1 Å². The van der Waals surface area contributed by atoms with Gasteiger partial charge in [-0.15, -0.1) is 0 Å². The number of carbonyl (C=O) groups is 2. The average molecular weight is 281 g/mol. The Labute approximate surface area is 109 Å². The molecular formula is C11H18F3N3O2. The van der Waals surface area contributed by atoms with Crippen molar-refractivity contribution in [3.05, 3.63) is 0 Å². The largest absolute Gasteiger partial charge is 0.471 e. The summed E-state index contributed by atoms with van der Waals surface area (Å²) in [6, 6.07) is 0. The van der Waals surface area contributed by atoms with Gasteiger partial charge in [-0.25, -0.2) is 5.01 Å². The number of amides is 2. The van der Waals surface area contributed by atoms with E-state index in [1.165, 1.54) is 13.8 Å². The van der Waals surface area contributed by atoms with Crippen LogP contribution in [0, 0.1) is 0 Å². The molecule has 2 amide bonds. The van der Waals surface area contributed by atoms with Gasteiger partial charge in [0.25, 0.3) is 5.91 Å². The summed E-state index contributed by atoms with van der Waals surface area (Å²) >= 11 is 0. The lowest BCUT2D eigenvalue weighted by atomic mass is 10.0. The molecule has 110 valence electrons. The third-order valence-corrected chi connectivity index (χ3v) is 2.87. The Morgan fingerprint density at radius 3 is 2.00 bits per heavy atom. The third-order valence-electron chi connectivity index (χ3n) is 2.87. The molecule has 0 radical (unpaired) electrons. The van der Waals surface area contributed by atoms with Crippen LogP contribution in [0.3, 0.4) is 0 Å². The zero-order valence-corrected chi connectivity index (χ0v) is 10.9. The minimum Gasteiger partial charge on any atom is -0.334 e. The number of nitrogens with one attached hydrogen (secondary N) is 2. The minimum absolute atomic E-state index is 0.660. The van der Waals surface area contributed by atoms with Gasteiger partial charge in [-0.05, 0) is 26.7 Å². The highest BCUT2D eigenvalue weighted by atomic mass is 19.4. The Morgan fingerprint density at radius 2 is 1.53 bits per heavy atom. The molecule has 1 saturated heterocycles. The molecule has 0 unspecified atom stereocenters. The van der Waals surface area contributed by atoms with Gasteiger partial charge in [0, 0.05) is 13.1 Å². The number of hydrazine groups is 1. The van der Waals surface area contributed by atoms with Crippen molar-refractivity contribution in [2.45, 2.75) is 44.8 Å². The maximum absolute atomic E-state index is 12.1. The van der Waals surface area contributed by atoms with E-state index in [9.17, 15) is 22.8 Å². The van der Waals surface area contributed by atoms with Crippen LogP contribution >= 0.6 is 0 Å². The smallest absolute Gasteiger partial charge is 0.334 e. The lowest BCUT2D eigenvalue weighted by Crippen LogP contribution is -2.60. The van der Waals surface area contributed by atoms with Gasteiger partial charge in [0.05, 0.1) is 0 Å². The maximum atomic E-state index is 12.1. The fourth-order valence-corrected chi connectivity index (χ4v) is 1.70. The van der Waals surface area contributed by atoms with Gasteiger partial charge < -0.3 is 5.32 Å². The first kappa shape index (κ1) is 15.7. The highest BCUT2D eigenvalue weighted by Crippen LogP contribution is 2.17. The summed E-state index contributed by atoms with van der Waals surface area (Å²) in [7, 11) is 0. The number of piperidine rings is 1. The van der Waals surface area contributed by atoms with Crippen LogP contribution in [0.5, 0.6) is 0 Å². The molecule has 0 aromatic heterocycles. The van der Waals surface area contributed by atoms with E-state index in [1.54, 1.807) is 10.3 Å². The first-order valence-corrected chi connectivity index (χ1v) is 6.08. The number of hydrogen-bond donors (Lipinski definition) is 2. The monoisotopic (exact) mass is 281 g/mol. The summed E-state index contributed by atoms with van der Waals surface area (Å²) in [6.07, 6.45) is -2.07. The average Bonchev–Trinajstić information content (AvgIpc) is 2.28. The van der Waals surface area contributed by atoms with Crippen molar-refractivity contribution in [3.63, 3.8) is 0 Å². The highest BCUT2D eigenvalue weighted by Gasteiger charge is 2.43. The van der Waals surface area contributed by atoms with E-state index in [2.05, 4.69) is 5.43 Å². The second-order valence-electron chi connectivity index (χ2n) is 5.07. The molecule has 8 heteroatoms. The molecular weight excluding hydrogens is 263 g/mol. The van der Waals surface area contributed by atoms with Crippen molar-refractivity contribution in [1.82, 2.24) is 15.8 Å². The minimum atomic E-state index is -5.00. The molecule has 1 heterocycles. The van der Waals surface area contributed by atoms with Crippen molar-refractivity contribution in [2.24, 2.45) is 0 Å². The SMILES string of the molecule is CC(C)(NC(=O)C(F)(F)F)C(=O)NN1CCCCC1. The number of rotatable bonds is 3. The zero-order valence-electron chi connectivity index (χ0n) is 10.9. The summed E-state index contributed by atoms with van der Waals surface area (Å²) in [5.74, 6) is -2.78. The predicted molar refractivity (Wildman–Crippen MR) is 61.8 cm³/mol. The molecule has 0 atom stereocenters. The van der Waals surface area contributed by atoms with Crippen LogP contribution in [0.4, 0.5) is 13.2 Å². The molecule has 5 nitrogen and oxygen atoms in total. The molecule has 0 aromatic rings. The van der Waals surface area contributed by atoms with Crippen molar-refractivity contribution >= 4 is 11.8 Å². The van der Waals surface area contributed by atoms with Crippen LogP contribution in [0.15, 0.2) is 0 Å². The molecule has 1 aliphatic heterocycles. The second-order valence-corrected chi connectivity index (χ2v) is 5.07. The molecule has 1 aliphatic rings. The standard InChI is InChI=1S/C11H18F3N3O2/c1-10(2,15-9(19)11(12,13)14)8(18)16-17-6-4-3-5-7-17/h3-7H2,1-2H3,(H,15,19)(H,16,18). The summed E-state index contributed by atoms with van der Waals surface area (Å²) < 4.78 is 36.4. The van der Waals surface area contributed by atoms with E-state index < -0.39 is 23.5 Å². The molecule has 1 rings (SSSR count). The lowest BCUT2D eigenvalue weighted by Gasteiger charge is -2.32. The molecule has 19 heavy (non-hydrogen) atoms. The number of nitrogens with zero attached hydrogens (tertiary/aromatic N) is 1. The number of alkyl halides is 3. The van der Waals surface area contributed by atoms with Gasteiger partial charge in [-0.1, -0.05) is 6.42 Å². The Bertz CT molecular complexity index is 350. The second kappa shape index (κ2) is 5.77. The van der Waals surface area contributed by atoms with Crippen molar-refractivity contribution in [1.29, 1.82) is 0 Å². The third kappa shape index (κ3) is 4.70. The molecule has 0 aliphatic carbocycles. The topological polar surface area (TPSA) is 61.4 Å². The van der Waals surface area contributed by atoms with Gasteiger partial charge in [-0.2, -0.15) is 13.2 Å². The van der Waals surface area contributed by atoms with Gasteiger partial charge in [0.15, 0.2) is 0 Å². The predicted octanol–water partition coefficient (Wildman–Crippen LogP) is 0.961. The molecule has 0 bridgehead atoms. The Kier molecular flexibility index (Phi) is 4.78. The summed E-state index contributed by atoms with van der Waals surface area (Å²) in [6.45, 7) is 3.79. The number of halogens is 3. The van der Waals surface area contributed by atoms with E-state index in [0.717, 1.165) is 19.3 Å². The number of hydrogen-bond acceptors (Lipinski definition) is 3. The van der Waals surface area contributed by atoms with E-state index in [1.807, 2.05) is 0 Å². The molecule has 1 fully saturated rings. The van der Waals surface area contributed by atoms with Crippen molar-refractivity contribution in [2.75, 3.05) is 13.1 Å². The summed E-state index contributed by atoms with van der Waals surface area (Å²) in [5.41, 5.74) is 0.907. The molecule has 0 saturated carbocycles. The fraction of sp³-hybridized carbons (Fsp3) is 0.818. The van der Waals surface area contributed by atoms with Crippen LogP contribution in [0.2, 0.25) is 0 Å². The molecule has 0 aromatic carbocycles. The quantitative estimate of drug-likeness (QED) is 0.810. The van der Waals surface area contributed by atoms with Crippen molar-refractivity contribution in [3.8, 4) is 0 Å². The molecule has 0 spiro atoms. The van der Waals surface area contributed by atoms with Gasteiger partial charge in [-0.3, -0.25) is 15.0 Å². The van der Waals surface area contributed by atoms with Crippen LogP contribution in [-0.2, 0) is 9.59 Å². The van der Waals surface area contributed by atoms with E-state index >= 15 is 0 Å². The maximum Gasteiger partial charge on any atom is 0.471 e. The summed E-state index contributed by atoms with van der Waals surface area (Å²) in [5, 5.41) is 3.34. The van der Waals surface area contributed by atoms with Crippen LogP contribution in [-0.4, -0.2) is 41.6 Å². The number of carbonyl (C=O) groups excluding carboxylic acids is 2. The first-order chi connectivity index (χ1) is 8.63. The normalized spacial score (nSPS) is 17.9. The van der Waals surface area contributed by atoms with Crippen molar-refractivity contribution < 1.29 is 22.8 Å². The zero-order chi connectivity index (χ0) is 14.7. The van der Waals surface area contributed by atoms with Crippen LogP contribution in [0.25, 0.3) is 0 Å². The van der Waals surface area contributed by atoms with Crippen LogP contribution in [0.1, 0.15) is 33.1 Å². The molecule has 2 N–H and O–H groups in total. The Hall–Kier alpha value is -1.31. The summed E-state index contributed by atoms with van der Waals surface area (Å²) in [4.78, 5) is 22.7. The van der Waals surface area contributed by atoms with Crippen LogP contribution < -0.4 is 10.7 Å². The fourth-order valence-electron chi connectivity index (χ4n) is 1.70. The van der Waals surface area contributed by atoms with E-state index in [4.69, 9.17) is 0 Å².